The van der Waals surface area contributed by atoms with Gasteiger partial charge in [-0.1, -0.05) is 0 Å². The normalized spacial score (nSPS) is 11.9. The molecule has 0 aliphatic heterocycles. The first-order valence-electron chi connectivity index (χ1n) is 12.6. The molecule has 0 bridgehead atoms. The molecule has 4 rings (SSSR count). The molecule has 0 saturated carbocycles. The second-order valence-electron chi connectivity index (χ2n) is 9.49. The van der Waals surface area contributed by atoms with Crippen LogP contribution in [0.1, 0.15) is 48.8 Å². The first kappa shape index (κ1) is 31.7. The van der Waals surface area contributed by atoms with Crippen LogP contribution in [0.2, 0.25) is 0 Å². The van der Waals surface area contributed by atoms with Gasteiger partial charge in [0.05, 0.1) is 22.4 Å². The van der Waals surface area contributed by atoms with Crippen molar-refractivity contribution >= 4 is 35.0 Å². The van der Waals surface area contributed by atoms with Gasteiger partial charge in [0.2, 0.25) is 0 Å². The topological polar surface area (TPSA) is 63.1 Å². The Labute approximate surface area is 246 Å². The lowest BCUT2D eigenvalue weighted by molar-refractivity contribution is -0.138. The summed E-state index contributed by atoms with van der Waals surface area (Å²) < 4.78 is 96.5. The van der Waals surface area contributed by atoms with Crippen LogP contribution in [-0.2, 0) is 19.0 Å². The Kier molecular flexibility index (Phi) is 8.95. The highest BCUT2D eigenvalue weighted by Crippen LogP contribution is 2.38. The molecule has 1 aromatic heterocycles. The van der Waals surface area contributed by atoms with E-state index >= 15 is 0 Å². The summed E-state index contributed by atoms with van der Waals surface area (Å²) in [6.07, 6.45) is -7.77. The standard InChI is InChI=1S/C30H24F7N3O2S/c1-16-12-24(28(42)38-20-5-8-22(43-3)9-6-20)17(2)40(16)26-11-7-21(14-25(26)30(35,36)37)39-27(41)23-10-4-19(29(32,33)34)13-18(23)15-31/h4-14H,15H2,1-3H3,(H,38,42)(H,39,41). The maximum atomic E-state index is 14.3. The Bertz CT molecular complexity index is 1680. The number of carbonyl (C=O) groups excluding carboxylic acids is 2. The summed E-state index contributed by atoms with van der Waals surface area (Å²) in [5.41, 5.74) is -2.75. The number of amides is 2. The van der Waals surface area contributed by atoms with E-state index in [1.165, 1.54) is 42.3 Å². The van der Waals surface area contributed by atoms with Crippen molar-refractivity contribution in [1.82, 2.24) is 4.57 Å². The third-order valence-corrected chi connectivity index (χ3v) is 7.39. The Morgan fingerprint density at radius 2 is 1.37 bits per heavy atom. The van der Waals surface area contributed by atoms with Crippen LogP contribution in [0, 0.1) is 13.8 Å². The molecule has 13 heteroatoms. The molecular weight excluding hydrogens is 599 g/mol. The van der Waals surface area contributed by atoms with Crippen molar-refractivity contribution in [2.45, 2.75) is 37.8 Å². The van der Waals surface area contributed by atoms with Gasteiger partial charge < -0.3 is 15.2 Å². The molecule has 3 aromatic carbocycles. The van der Waals surface area contributed by atoms with Crippen molar-refractivity contribution in [3.8, 4) is 5.69 Å². The average Bonchev–Trinajstić information content (AvgIpc) is 3.25. The van der Waals surface area contributed by atoms with Crippen molar-refractivity contribution in [1.29, 1.82) is 0 Å². The highest BCUT2D eigenvalue weighted by Gasteiger charge is 2.36. The van der Waals surface area contributed by atoms with Crippen LogP contribution in [0.3, 0.4) is 0 Å². The minimum absolute atomic E-state index is 0.151. The molecule has 2 amide bonds. The highest BCUT2D eigenvalue weighted by atomic mass is 32.2. The lowest BCUT2D eigenvalue weighted by Gasteiger charge is -2.19. The monoisotopic (exact) mass is 623 g/mol. The van der Waals surface area contributed by atoms with Gasteiger partial charge in [-0.05, 0) is 92.4 Å². The molecule has 0 aliphatic carbocycles. The first-order valence-corrected chi connectivity index (χ1v) is 13.8. The molecule has 0 radical (unpaired) electrons. The second kappa shape index (κ2) is 12.2. The zero-order valence-corrected chi connectivity index (χ0v) is 23.7. The quantitative estimate of drug-likeness (QED) is 0.160. The summed E-state index contributed by atoms with van der Waals surface area (Å²) >= 11 is 1.52. The summed E-state index contributed by atoms with van der Waals surface area (Å²) in [6.45, 7) is 1.64. The third kappa shape index (κ3) is 6.87. The summed E-state index contributed by atoms with van der Waals surface area (Å²) in [4.78, 5) is 26.8. The highest BCUT2D eigenvalue weighted by molar-refractivity contribution is 7.98. The predicted molar refractivity (Wildman–Crippen MR) is 151 cm³/mol. The van der Waals surface area contributed by atoms with Crippen molar-refractivity contribution in [2.75, 3.05) is 16.9 Å². The van der Waals surface area contributed by atoms with Gasteiger partial charge in [0, 0.05) is 33.2 Å². The first-order chi connectivity index (χ1) is 20.1. The zero-order chi connectivity index (χ0) is 31.7. The summed E-state index contributed by atoms with van der Waals surface area (Å²) in [5.74, 6) is -1.60. The Morgan fingerprint density at radius 1 is 0.767 bits per heavy atom. The number of alkyl halides is 7. The van der Waals surface area contributed by atoms with Crippen LogP contribution in [0.5, 0.6) is 0 Å². The number of aromatic nitrogens is 1. The van der Waals surface area contributed by atoms with Crippen molar-refractivity contribution in [2.24, 2.45) is 0 Å². The van der Waals surface area contributed by atoms with E-state index in [4.69, 9.17) is 0 Å². The van der Waals surface area contributed by atoms with Crippen LogP contribution >= 0.6 is 11.8 Å². The molecule has 0 fully saturated rings. The van der Waals surface area contributed by atoms with Crippen molar-refractivity contribution in [3.05, 3.63) is 106 Å². The molecule has 226 valence electrons. The number of benzene rings is 3. The molecule has 0 aliphatic rings. The van der Waals surface area contributed by atoms with E-state index < -0.39 is 53.1 Å². The van der Waals surface area contributed by atoms with Gasteiger partial charge in [-0.3, -0.25) is 9.59 Å². The molecular formula is C30H24F7N3O2S. The lowest BCUT2D eigenvalue weighted by atomic mass is 10.0. The van der Waals surface area contributed by atoms with E-state index in [9.17, 15) is 40.3 Å². The minimum atomic E-state index is -4.90. The molecule has 0 atom stereocenters. The number of halogens is 7. The molecule has 0 spiro atoms. The summed E-state index contributed by atoms with van der Waals surface area (Å²) in [6, 6.07) is 13.3. The van der Waals surface area contributed by atoms with Crippen LogP contribution in [0.15, 0.2) is 71.6 Å². The Balaban J connectivity index is 1.66. The average molecular weight is 624 g/mol. The third-order valence-electron chi connectivity index (χ3n) is 6.65. The molecule has 5 nitrogen and oxygen atoms in total. The van der Waals surface area contributed by atoms with E-state index in [1.807, 2.05) is 18.4 Å². The smallest absolute Gasteiger partial charge is 0.322 e. The van der Waals surface area contributed by atoms with Gasteiger partial charge in [-0.25, -0.2) is 4.39 Å². The van der Waals surface area contributed by atoms with Crippen LogP contribution < -0.4 is 10.6 Å². The number of nitrogens with zero attached hydrogens (tertiary/aromatic N) is 1. The molecule has 4 aromatic rings. The molecule has 1 heterocycles. The number of anilines is 2. The van der Waals surface area contributed by atoms with E-state index in [0.29, 0.717) is 29.6 Å². The fraction of sp³-hybridized carbons (Fsp3) is 0.200. The number of carbonyl (C=O) groups is 2. The second-order valence-corrected chi connectivity index (χ2v) is 10.4. The van der Waals surface area contributed by atoms with Gasteiger partial charge >= 0.3 is 12.4 Å². The maximum absolute atomic E-state index is 14.3. The van der Waals surface area contributed by atoms with E-state index in [2.05, 4.69) is 10.6 Å². The summed E-state index contributed by atoms with van der Waals surface area (Å²) in [5, 5.41) is 4.94. The minimum Gasteiger partial charge on any atom is -0.322 e. The van der Waals surface area contributed by atoms with Gasteiger partial charge in [0.15, 0.2) is 0 Å². The van der Waals surface area contributed by atoms with Gasteiger partial charge in [0.25, 0.3) is 11.8 Å². The SMILES string of the molecule is CSc1ccc(NC(=O)c2cc(C)n(-c3ccc(NC(=O)c4ccc(C(F)(F)F)cc4CF)cc3C(F)(F)F)c2C)cc1. The van der Waals surface area contributed by atoms with Crippen LogP contribution in [0.25, 0.3) is 5.69 Å². The molecule has 0 unspecified atom stereocenters. The van der Waals surface area contributed by atoms with E-state index in [0.717, 1.165) is 17.0 Å². The number of hydrogen-bond acceptors (Lipinski definition) is 3. The van der Waals surface area contributed by atoms with Crippen molar-refractivity contribution in [3.63, 3.8) is 0 Å². The number of nitrogens with one attached hydrogen (secondary N) is 2. The Morgan fingerprint density at radius 3 is 1.95 bits per heavy atom. The van der Waals surface area contributed by atoms with Crippen molar-refractivity contribution < 1.29 is 40.3 Å². The predicted octanol–water partition coefficient (Wildman–Crippen LogP) is 8.83. The van der Waals surface area contributed by atoms with Crippen LogP contribution in [0.4, 0.5) is 42.1 Å². The lowest BCUT2D eigenvalue weighted by Crippen LogP contribution is -2.18. The fourth-order valence-corrected chi connectivity index (χ4v) is 4.98. The maximum Gasteiger partial charge on any atom is 0.418 e. The number of rotatable bonds is 7. The van der Waals surface area contributed by atoms with Gasteiger partial charge in [-0.15, -0.1) is 11.8 Å². The molecule has 43 heavy (non-hydrogen) atoms. The molecule has 0 saturated heterocycles. The number of aryl methyl sites for hydroxylation is 1. The molecule has 2 N–H and O–H groups in total. The van der Waals surface area contributed by atoms with E-state index in [-0.39, 0.29) is 22.6 Å². The van der Waals surface area contributed by atoms with Crippen LogP contribution in [-0.4, -0.2) is 22.6 Å². The van der Waals surface area contributed by atoms with Gasteiger partial charge in [-0.2, -0.15) is 26.3 Å². The zero-order valence-electron chi connectivity index (χ0n) is 22.9. The largest absolute Gasteiger partial charge is 0.418 e. The van der Waals surface area contributed by atoms with E-state index in [1.54, 1.807) is 12.1 Å². The van der Waals surface area contributed by atoms with Gasteiger partial charge in [0.1, 0.15) is 6.67 Å². The fourth-order valence-electron chi connectivity index (χ4n) is 4.57. The Hall–Kier alpha value is -4.26. The summed E-state index contributed by atoms with van der Waals surface area (Å²) in [7, 11) is 0. The number of hydrogen-bond donors (Lipinski definition) is 2. The number of thioether (sulfide) groups is 1.